The van der Waals surface area contributed by atoms with Gasteiger partial charge in [0.15, 0.2) is 0 Å². The van der Waals surface area contributed by atoms with Crippen LogP contribution < -0.4 is 4.90 Å². The zero-order valence-corrected chi connectivity index (χ0v) is 35.5. The molecule has 0 amide bonds. The monoisotopic (exact) mass is 803 g/mol. The van der Waals surface area contributed by atoms with Crippen LogP contribution in [0.5, 0.6) is 0 Å². The van der Waals surface area contributed by atoms with Crippen LogP contribution >= 0.6 is 0 Å². The number of hydrogen-bond acceptors (Lipinski definition) is 1. The number of anilines is 3. The van der Waals surface area contributed by atoms with Crippen LogP contribution in [-0.2, 0) is 10.8 Å². The van der Waals surface area contributed by atoms with Gasteiger partial charge in [0, 0.05) is 22.5 Å². The zero-order valence-electron chi connectivity index (χ0n) is 35.5. The molecule has 0 fully saturated rings. The van der Waals surface area contributed by atoms with E-state index in [0.717, 1.165) is 17.1 Å². The normalized spacial score (nSPS) is 13.8. The lowest BCUT2D eigenvalue weighted by Crippen LogP contribution is -2.28. The predicted octanol–water partition coefficient (Wildman–Crippen LogP) is 16.3. The Labute approximate surface area is 370 Å². The Kier molecular flexibility index (Phi) is 8.49. The number of para-hydroxylation sites is 1. The Balaban J connectivity index is 0.916. The van der Waals surface area contributed by atoms with Gasteiger partial charge in [0.1, 0.15) is 0 Å². The maximum absolute atomic E-state index is 2.46. The molecule has 2 aliphatic carbocycles. The van der Waals surface area contributed by atoms with Gasteiger partial charge in [-0.05, 0) is 131 Å². The van der Waals surface area contributed by atoms with E-state index in [1.165, 1.54) is 88.7 Å². The number of hydrogen-bond donors (Lipinski definition) is 0. The quantitative estimate of drug-likeness (QED) is 0.155. The third-order valence-corrected chi connectivity index (χ3v) is 14.0. The highest BCUT2D eigenvalue weighted by atomic mass is 15.1. The van der Waals surface area contributed by atoms with Crippen molar-refractivity contribution < 1.29 is 0 Å². The molecule has 63 heavy (non-hydrogen) atoms. The van der Waals surface area contributed by atoms with Gasteiger partial charge in [0.05, 0.1) is 5.41 Å². The Morgan fingerprint density at radius 1 is 0.317 bits per heavy atom. The van der Waals surface area contributed by atoms with Crippen molar-refractivity contribution in [1.82, 2.24) is 0 Å². The van der Waals surface area contributed by atoms with Crippen molar-refractivity contribution in [3.8, 4) is 44.5 Å². The van der Waals surface area contributed by atoms with Crippen molar-refractivity contribution in [3.05, 3.63) is 270 Å². The first-order chi connectivity index (χ1) is 31.0. The van der Waals surface area contributed by atoms with E-state index in [9.17, 15) is 0 Å². The van der Waals surface area contributed by atoms with E-state index < -0.39 is 5.41 Å². The molecule has 10 aromatic rings. The van der Waals surface area contributed by atoms with Crippen molar-refractivity contribution >= 4 is 27.8 Å². The van der Waals surface area contributed by atoms with Gasteiger partial charge in [-0.2, -0.15) is 0 Å². The van der Waals surface area contributed by atoms with Crippen LogP contribution in [0, 0.1) is 0 Å². The van der Waals surface area contributed by atoms with Crippen molar-refractivity contribution in [2.24, 2.45) is 0 Å². The van der Waals surface area contributed by atoms with E-state index in [0.29, 0.717) is 0 Å². The minimum Gasteiger partial charge on any atom is -0.310 e. The summed E-state index contributed by atoms with van der Waals surface area (Å²) in [6.07, 6.45) is 0. The second kappa shape index (κ2) is 14.4. The first-order valence-corrected chi connectivity index (χ1v) is 22.1. The average molecular weight is 804 g/mol. The highest BCUT2D eigenvalue weighted by molar-refractivity contribution is 6.04. The third-order valence-electron chi connectivity index (χ3n) is 14.0. The molecular weight excluding hydrogens is 759 g/mol. The lowest BCUT2D eigenvalue weighted by Gasteiger charge is -2.34. The van der Waals surface area contributed by atoms with Crippen molar-refractivity contribution in [2.45, 2.75) is 24.7 Å². The number of fused-ring (bicyclic) bond motifs is 8. The van der Waals surface area contributed by atoms with Crippen LogP contribution in [0.15, 0.2) is 237 Å². The van der Waals surface area contributed by atoms with E-state index in [2.05, 4.69) is 255 Å². The summed E-state index contributed by atoms with van der Waals surface area (Å²) in [5, 5.41) is 2.56. The molecule has 0 spiro atoms. The van der Waals surface area contributed by atoms with Crippen LogP contribution in [0.4, 0.5) is 17.1 Å². The fraction of sp³-hybridized carbons (Fsp3) is 0.0645. The Morgan fingerprint density at radius 2 is 0.825 bits per heavy atom. The molecule has 2 aliphatic rings. The van der Waals surface area contributed by atoms with Crippen molar-refractivity contribution in [3.63, 3.8) is 0 Å². The van der Waals surface area contributed by atoms with Gasteiger partial charge in [0.2, 0.25) is 0 Å². The topological polar surface area (TPSA) is 3.24 Å². The summed E-state index contributed by atoms with van der Waals surface area (Å²) in [7, 11) is 0. The molecule has 10 aromatic carbocycles. The van der Waals surface area contributed by atoms with Crippen LogP contribution in [0.1, 0.15) is 47.2 Å². The molecule has 12 rings (SSSR count). The fourth-order valence-corrected chi connectivity index (χ4v) is 11.0. The standard InChI is InChI=1S/C62H45N/c1-61(2)56-25-15-14-24-53(56)54-38-36-51(41-58(54)61)63(49-21-10-5-11-22-49)50-34-30-43(31-35-50)42-26-28-44(29-27-42)46-32-37-55-59(40-46)62(47-17-6-3-7-18-47,48-19-8-4-9-20-48)57-39-33-45-16-12-13-23-52(45)60(55)57/h3-41H,1-2H3. The maximum Gasteiger partial charge on any atom is 0.0714 e. The van der Waals surface area contributed by atoms with Gasteiger partial charge in [-0.1, -0.05) is 208 Å². The smallest absolute Gasteiger partial charge is 0.0714 e. The highest BCUT2D eigenvalue weighted by Crippen LogP contribution is 2.58. The molecule has 0 saturated carbocycles. The SMILES string of the molecule is CC1(C)c2ccccc2-c2ccc(N(c3ccccc3)c3ccc(-c4ccc(-c5ccc6c(c5)C(c5ccccc5)(c5ccccc5)c5ccc7ccccc7c5-6)cc4)cc3)cc21. The van der Waals surface area contributed by atoms with Gasteiger partial charge in [-0.15, -0.1) is 0 Å². The van der Waals surface area contributed by atoms with Gasteiger partial charge in [0.25, 0.3) is 0 Å². The lowest BCUT2D eigenvalue weighted by molar-refractivity contribution is 0.660. The van der Waals surface area contributed by atoms with E-state index in [1.807, 2.05) is 0 Å². The maximum atomic E-state index is 2.46. The van der Waals surface area contributed by atoms with E-state index in [-0.39, 0.29) is 5.41 Å². The average Bonchev–Trinajstić information content (AvgIpc) is 3.78. The second-order valence-corrected chi connectivity index (χ2v) is 17.6. The van der Waals surface area contributed by atoms with Crippen LogP contribution in [0.2, 0.25) is 0 Å². The lowest BCUT2D eigenvalue weighted by atomic mass is 9.67. The second-order valence-electron chi connectivity index (χ2n) is 17.6. The molecule has 0 N–H and O–H groups in total. The molecule has 0 aliphatic heterocycles. The molecule has 0 heterocycles. The first kappa shape index (κ1) is 37.1. The molecule has 1 nitrogen and oxygen atoms in total. The Hall–Kier alpha value is -7.74. The zero-order chi connectivity index (χ0) is 42.1. The van der Waals surface area contributed by atoms with Crippen LogP contribution in [-0.4, -0.2) is 0 Å². The summed E-state index contributed by atoms with van der Waals surface area (Å²) >= 11 is 0. The van der Waals surface area contributed by atoms with E-state index in [1.54, 1.807) is 0 Å². The van der Waals surface area contributed by atoms with Crippen molar-refractivity contribution in [2.75, 3.05) is 4.90 Å². The molecule has 0 bridgehead atoms. The summed E-state index contributed by atoms with van der Waals surface area (Å²) in [6, 6.07) is 87.6. The van der Waals surface area contributed by atoms with E-state index >= 15 is 0 Å². The number of benzene rings is 10. The number of nitrogens with zero attached hydrogens (tertiary/aromatic N) is 1. The molecule has 298 valence electrons. The number of rotatable bonds is 7. The van der Waals surface area contributed by atoms with Crippen LogP contribution in [0.25, 0.3) is 55.3 Å². The molecule has 0 saturated heterocycles. The summed E-state index contributed by atoms with van der Waals surface area (Å²) in [5.41, 5.74) is 20.9. The first-order valence-electron chi connectivity index (χ1n) is 22.1. The molecule has 0 radical (unpaired) electrons. The van der Waals surface area contributed by atoms with Gasteiger partial charge in [-0.25, -0.2) is 0 Å². The van der Waals surface area contributed by atoms with Crippen molar-refractivity contribution in [1.29, 1.82) is 0 Å². The largest absolute Gasteiger partial charge is 0.310 e. The summed E-state index contributed by atoms with van der Waals surface area (Å²) in [6.45, 7) is 4.70. The molecule has 0 atom stereocenters. The molecule has 0 aromatic heterocycles. The van der Waals surface area contributed by atoms with E-state index in [4.69, 9.17) is 0 Å². The van der Waals surface area contributed by atoms with Gasteiger partial charge >= 0.3 is 0 Å². The van der Waals surface area contributed by atoms with Gasteiger partial charge < -0.3 is 4.90 Å². The summed E-state index contributed by atoms with van der Waals surface area (Å²) in [5.74, 6) is 0. The Bertz CT molecular complexity index is 3290. The summed E-state index contributed by atoms with van der Waals surface area (Å²) in [4.78, 5) is 2.38. The molecule has 0 unspecified atom stereocenters. The minimum atomic E-state index is -0.469. The molecule has 1 heteroatoms. The summed E-state index contributed by atoms with van der Waals surface area (Å²) < 4.78 is 0. The predicted molar refractivity (Wildman–Crippen MR) is 264 cm³/mol. The van der Waals surface area contributed by atoms with Gasteiger partial charge in [-0.3, -0.25) is 0 Å². The molecular formula is C62H45N. The highest BCUT2D eigenvalue weighted by Gasteiger charge is 2.47. The fourth-order valence-electron chi connectivity index (χ4n) is 11.0. The Morgan fingerprint density at radius 3 is 1.52 bits per heavy atom. The third kappa shape index (κ3) is 5.70. The minimum absolute atomic E-state index is 0.0765. The van der Waals surface area contributed by atoms with Crippen LogP contribution in [0.3, 0.4) is 0 Å².